The van der Waals surface area contributed by atoms with E-state index in [1.54, 1.807) is 19.9 Å². The molecule has 156 valence electrons. The first-order valence-electron chi connectivity index (χ1n) is 9.54. The van der Waals surface area contributed by atoms with Gasteiger partial charge in [0.05, 0.1) is 22.4 Å². The molecule has 1 saturated heterocycles. The monoisotopic (exact) mass is 463 g/mol. The number of nitrogens with zero attached hydrogens (tertiary/aromatic N) is 3. The highest BCUT2D eigenvalue weighted by Gasteiger charge is 2.34. The molecular formula is C22H20Cl3N3O2. The van der Waals surface area contributed by atoms with Gasteiger partial charge in [-0.25, -0.2) is 0 Å². The summed E-state index contributed by atoms with van der Waals surface area (Å²) in [6.45, 7) is 5.19. The Balaban J connectivity index is 1.69. The topological polar surface area (TPSA) is 49.6 Å². The Kier molecular flexibility index (Phi) is 5.96. The van der Waals surface area contributed by atoms with Crippen LogP contribution in [0.2, 0.25) is 15.1 Å². The van der Waals surface area contributed by atoms with Gasteiger partial charge in [0.15, 0.2) is 0 Å². The zero-order valence-electron chi connectivity index (χ0n) is 16.5. The fourth-order valence-electron chi connectivity index (χ4n) is 3.89. The van der Waals surface area contributed by atoms with Crippen LogP contribution in [0.15, 0.2) is 47.0 Å². The number of carbonyl (C=O) groups is 1. The molecule has 0 saturated carbocycles. The zero-order valence-corrected chi connectivity index (χ0v) is 18.8. The molecule has 1 aliphatic rings. The van der Waals surface area contributed by atoms with Crippen molar-refractivity contribution in [1.29, 1.82) is 0 Å². The summed E-state index contributed by atoms with van der Waals surface area (Å²) < 4.78 is 5.20. The minimum Gasteiger partial charge on any atom is -0.361 e. The van der Waals surface area contributed by atoms with Crippen LogP contribution in [0.25, 0.3) is 0 Å². The maximum Gasteiger partial charge on any atom is 0.259 e. The number of piperazine rings is 1. The van der Waals surface area contributed by atoms with E-state index in [0.717, 1.165) is 11.3 Å². The van der Waals surface area contributed by atoms with E-state index < -0.39 is 0 Å². The summed E-state index contributed by atoms with van der Waals surface area (Å²) in [5.41, 5.74) is 3.05. The number of halogens is 3. The SMILES string of the molecule is Cc1noc(C)c1C(=O)N1CCN(c2ccc(Cl)cc2Cl)C(c2ccc(Cl)cc2)C1. The lowest BCUT2D eigenvalue weighted by molar-refractivity contribution is 0.0719. The molecule has 1 aliphatic heterocycles. The van der Waals surface area contributed by atoms with Crippen LogP contribution in [0.5, 0.6) is 0 Å². The van der Waals surface area contributed by atoms with E-state index in [4.69, 9.17) is 39.3 Å². The van der Waals surface area contributed by atoms with Crippen LogP contribution >= 0.6 is 34.8 Å². The molecule has 0 bridgehead atoms. The van der Waals surface area contributed by atoms with Crippen molar-refractivity contribution in [2.45, 2.75) is 19.9 Å². The molecule has 1 unspecified atom stereocenters. The van der Waals surface area contributed by atoms with Gasteiger partial charge >= 0.3 is 0 Å². The molecule has 1 atom stereocenters. The average Bonchev–Trinajstić information content (AvgIpc) is 3.06. The van der Waals surface area contributed by atoms with Gasteiger partial charge in [-0.2, -0.15) is 0 Å². The number of aromatic nitrogens is 1. The van der Waals surface area contributed by atoms with Gasteiger partial charge < -0.3 is 14.3 Å². The lowest BCUT2D eigenvalue weighted by atomic mass is 10.0. The highest BCUT2D eigenvalue weighted by atomic mass is 35.5. The maximum absolute atomic E-state index is 13.2. The second-order valence-electron chi connectivity index (χ2n) is 7.31. The smallest absolute Gasteiger partial charge is 0.259 e. The summed E-state index contributed by atoms with van der Waals surface area (Å²) in [4.78, 5) is 17.3. The molecule has 1 fully saturated rings. The van der Waals surface area contributed by atoms with Crippen LogP contribution in [0.4, 0.5) is 5.69 Å². The van der Waals surface area contributed by atoms with Gasteiger partial charge in [0, 0.05) is 29.7 Å². The highest BCUT2D eigenvalue weighted by molar-refractivity contribution is 6.36. The Labute approximate surface area is 190 Å². The van der Waals surface area contributed by atoms with Gasteiger partial charge in [-0.1, -0.05) is 52.1 Å². The predicted molar refractivity (Wildman–Crippen MR) is 120 cm³/mol. The van der Waals surface area contributed by atoms with E-state index >= 15 is 0 Å². The van der Waals surface area contributed by atoms with Crippen molar-refractivity contribution in [2.75, 3.05) is 24.5 Å². The molecule has 5 nitrogen and oxygen atoms in total. The van der Waals surface area contributed by atoms with Crippen molar-refractivity contribution in [3.8, 4) is 0 Å². The zero-order chi connectivity index (χ0) is 21.4. The minimum absolute atomic E-state index is 0.0768. The molecule has 2 aromatic carbocycles. The molecule has 4 rings (SSSR count). The third-order valence-electron chi connectivity index (χ3n) is 5.39. The van der Waals surface area contributed by atoms with E-state index in [2.05, 4.69) is 10.1 Å². The van der Waals surface area contributed by atoms with Crippen molar-refractivity contribution in [3.05, 3.63) is 80.1 Å². The van der Waals surface area contributed by atoms with Crippen molar-refractivity contribution in [2.24, 2.45) is 0 Å². The van der Waals surface area contributed by atoms with E-state index in [1.165, 1.54) is 0 Å². The summed E-state index contributed by atoms with van der Waals surface area (Å²) in [5, 5.41) is 5.74. The van der Waals surface area contributed by atoms with Crippen LogP contribution in [-0.2, 0) is 0 Å². The largest absolute Gasteiger partial charge is 0.361 e. The predicted octanol–water partition coefficient (Wildman–Crippen LogP) is 5.96. The number of benzene rings is 2. The summed E-state index contributed by atoms with van der Waals surface area (Å²) in [6, 6.07) is 13.0. The highest BCUT2D eigenvalue weighted by Crippen LogP contribution is 2.37. The summed E-state index contributed by atoms with van der Waals surface area (Å²) >= 11 is 18.7. The van der Waals surface area contributed by atoms with Crippen molar-refractivity contribution < 1.29 is 9.32 Å². The van der Waals surface area contributed by atoms with Gasteiger partial charge in [-0.3, -0.25) is 4.79 Å². The van der Waals surface area contributed by atoms with Crippen molar-refractivity contribution >= 4 is 46.4 Å². The standard InChI is InChI=1S/C22H20Cl3N3O2/c1-13-21(14(2)30-26-13)22(29)27-9-10-28(19-8-7-17(24)11-18(19)25)20(12-27)15-3-5-16(23)6-4-15/h3-8,11,20H,9-10,12H2,1-2H3. The third-order valence-corrected chi connectivity index (χ3v) is 6.18. The van der Waals surface area contributed by atoms with Gasteiger partial charge in [0.25, 0.3) is 5.91 Å². The molecule has 1 aromatic heterocycles. The number of aryl methyl sites for hydroxylation is 2. The maximum atomic E-state index is 13.2. The van der Waals surface area contributed by atoms with Gasteiger partial charge in [-0.05, 0) is 49.7 Å². The Hall–Kier alpha value is -2.21. The summed E-state index contributed by atoms with van der Waals surface area (Å²) in [6.07, 6.45) is 0. The van der Waals surface area contributed by atoms with E-state index in [-0.39, 0.29) is 11.9 Å². The van der Waals surface area contributed by atoms with E-state index in [9.17, 15) is 4.79 Å². The average molecular weight is 465 g/mol. The molecule has 3 aromatic rings. The molecule has 0 radical (unpaired) electrons. The van der Waals surface area contributed by atoms with Crippen molar-refractivity contribution in [1.82, 2.24) is 10.1 Å². The van der Waals surface area contributed by atoms with Crippen molar-refractivity contribution in [3.63, 3.8) is 0 Å². The number of hydrogen-bond acceptors (Lipinski definition) is 4. The number of hydrogen-bond donors (Lipinski definition) is 0. The Morgan fingerprint density at radius 1 is 1.03 bits per heavy atom. The molecule has 0 spiro atoms. The molecular weight excluding hydrogens is 445 g/mol. The van der Waals surface area contributed by atoms with Gasteiger partial charge in [0.1, 0.15) is 11.3 Å². The number of carbonyl (C=O) groups excluding carboxylic acids is 1. The van der Waals surface area contributed by atoms with Crippen LogP contribution < -0.4 is 4.90 Å². The van der Waals surface area contributed by atoms with Crippen LogP contribution in [0.3, 0.4) is 0 Å². The van der Waals surface area contributed by atoms with Crippen LogP contribution in [-0.4, -0.2) is 35.6 Å². The number of amides is 1. The molecule has 8 heteroatoms. The van der Waals surface area contributed by atoms with Crippen LogP contribution in [0, 0.1) is 13.8 Å². The number of rotatable bonds is 3. The lowest BCUT2D eigenvalue weighted by Crippen LogP contribution is -2.50. The quantitative estimate of drug-likeness (QED) is 0.480. The first kappa shape index (κ1) is 21.0. The summed E-state index contributed by atoms with van der Waals surface area (Å²) in [5.74, 6) is 0.454. The Bertz CT molecular complexity index is 1060. The molecule has 30 heavy (non-hydrogen) atoms. The second kappa shape index (κ2) is 8.50. The fourth-order valence-corrected chi connectivity index (χ4v) is 4.53. The van der Waals surface area contributed by atoms with Crippen LogP contribution in [0.1, 0.15) is 33.4 Å². The van der Waals surface area contributed by atoms with Gasteiger partial charge in [-0.15, -0.1) is 0 Å². The molecule has 1 amide bonds. The molecule has 2 heterocycles. The number of anilines is 1. The third kappa shape index (κ3) is 4.02. The normalized spacial score (nSPS) is 16.8. The first-order chi connectivity index (χ1) is 14.3. The summed E-state index contributed by atoms with van der Waals surface area (Å²) in [7, 11) is 0. The minimum atomic E-state index is -0.0980. The van der Waals surface area contributed by atoms with E-state index in [1.807, 2.05) is 41.3 Å². The van der Waals surface area contributed by atoms with E-state index in [0.29, 0.717) is 51.7 Å². The Morgan fingerprint density at radius 2 is 1.73 bits per heavy atom. The van der Waals surface area contributed by atoms with Gasteiger partial charge in [0.2, 0.25) is 0 Å². The lowest BCUT2D eigenvalue weighted by Gasteiger charge is -2.43. The second-order valence-corrected chi connectivity index (χ2v) is 8.59. The fraction of sp³-hybridized carbons (Fsp3) is 0.273. The first-order valence-corrected chi connectivity index (χ1v) is 10.7. The Morgan fingerprint density at radius 3 is 2.37 bits per heavy atom. The molecule has 0 N–H and O–H groups in total. The molecule has 0 aliphatic carbocycles.